The largest absolute Gasteiger partial charge is 0.484 e. The first-order valence-electron chi connectivity index (χ1n) is 17.1. The maximum Gasteiger partial charge on any atom is 0.132 e. The highest BCUT2D eigenvalue weighted by Gasteiger charge is 2.37. The van der Waals surface area contributed by atoms with Gasteiger partial charge in [-0.1, -0.05) is 164 Å². The highest BCUT2D eigenvalue weighted by molar-refractivity contribution is 6.22. The van der Waals surface area contributed by atoms with Crippen molar-refractivity contribution in [1.82, 2.24) is 0 Å². The summed E-state index contributed by atoms with van der Waals surface area (Å²) in [5.74, 6) is 1.11. The molecule has 230 valence electrons. The highest BCUT2D eigenvalue weighted by atomic mass is 16.5. The van der Waals surface area contributed by atoms with E-state index in [2.05, 4.69) is 182 Å². The molecule has 0 aromatic heterocycles. The van der Waals surface area contributed by atoms with Crippen LogP contribution in [0, 0.1) is 0 Å². The lowest BCUT2D eigenvalue weighted by molar-refractivity contribution is 0.270. The topological polar surface area (TPSA) is 9.23 Å². The summed E-state index contributed by atoms with van der Waals surface area (Å²) in [6.07, 6.45) is 8.78. The molecule has 1 heterocycles. The second-order valence-corrected chi connectivity index (χ2v) is 13.1. The molecule has 8 aromatic carbocycles. The van der Waals surface area contributed by atoms with Crippen molar-refractivity contribution in [3.8, 4) is 50.3 Å². The predicted octanol–water partition coefficient (Wildman–Crippen LogP) is 12.8. The van der Waals surface area contributed by atoms with Crippen LogP contribution < -0.4 is 4.74 Å². The fourth-order valence-corrected chi connectivity index (χ4v) is 8.25. The fraction of sp³-hybridized carbons (Fsp3) is 0.0417. The summed E-state index contributed by atoms with van der Waals surface area (Å²) in [5, 5.41) is 7.53. The molecule has 2 unspecified atom stereocenters. The monoisotopic (exact) mass is 624 g/mol. The number of rotatable bonds is 4. The van der Waals surface area contributed by atoms with Crippen LogP contribution in [0.1, 0.15) is 11.5 Å². The molecule has 49 heavy (non-hydrogen) atoms. The molecule has 1 nitrogen and oxygen atoms in total. The number of hydrogen-bond donors (Lipinski definition) is 0. The van der Waals surface area contributed by atoms with Gasteiger partial charge in [0.2, 0.25) is 0 Å². The van der Waals surface area contributed by atoms with Gasteiger partial charge >= 0.3 is 0 Å². The molecule has 1 aliphatic carbocycles. The molecule has 1 heteroatoms. The summed E-state index contributed by atoms with van der Waals surface area (Å²) < 4.78 is 6.97. The Balaban J connectivity index is 1.27. The van der Waals surface area contributed by atoms with Crippen LogP contribution in [0.25, 0.3) is 76.8 Å². The van der Waals surface area contributed by atoms with Crippen molar-refractivity contribution in [3.63, 3.8) is 0 Å². The summed E-state index contributed by atoms with van der Waals surface area (Å²) in [6.45, 7) is 0. The third-order valence-electron chi connectivity index (χ3n) is 10.4. The van der Waals surface area contributed by atoms with E-state index in [1.165, 1.54) is 76.8 Å². The molecule has 0 bridgehead atoms. The van der Waals surface area contributed by atoms with Crippen LogP contribution in [0.15, 0.2) is 182 Å². The van der Waals surface area contributed by atoms with Gasteiger partial charge in [0.05, 0.1) is 0 Å². The van der Waals surface area contributed by atoms with Crippen molar-refractivity contribution in [1.29, 1.82) is 0 Å². The quantitative estimate of drug-likeness (QED) is 0.177. The van der Waals surface area contributed by atoms with Gasteiger partial charge in [0, 0.05) is 17.0 Å². The fourth-order valence-electron chi connectivity index (χ4n) is 8.25. The normalized spacial score (nSPS) is 16.2. The Morgan fingerprint density at radius 2 is 0.980 bits per heavy atom. The number of fused-ring (bicyclic) bond motifs is 6. The molecule has 0 radical (unpaired) electrons. The average Bonchev–Trinajstić information content (AvgIpc) is 3.57. The number of benzene rings is 8. The van der Waals surface area contributed by atoms with Crippen molar-refractivity contribution in [3.05, 3.63) is 188 Å². The van der Waals surface area contributed by atoms with E-state index in [1.54, 1.807) is 0 Å². The lowest BCUT2D eigenvalue weighted by Crippen LogP contribution is -2.15. The molecule has 2 aliphatic rings. The number of hydrogen-bond acceptors (Lipinski definition) is 1. The molecule has 0 amide bonds. The van der Waals surface area contributed by atoms with E-state index in [-0.39, 0.29) is 12.0 Å². The van der Waals surface area contributed by atoms with Crippen LogP contribution in [-0.2, 0) is 0 Å². The van der Waals surface area contributed by atoms with Gasteiger partial charge in [0.15, 0.2) is 0 Å². The molecule has 0 fully saturated rings. The van der Waals surface area contributed by atoms with Gasteiger partial charge in [0.1, 0.15) is 11.9 Å². The van der Waals surface area contributed by atoms with Crippen LogP contribution in [0.3, 0.4) is 0 Å². The standard InChI is InChI=1S/C48H32O/c1-2-15-32(16-3-1)35-18-6-7-19-36(35)41-28-29-43(47-42-24-12-13-25-44(42)49-48(41)47)46-39-22-10-8-20-37(39)45(38-21-9-11-23-40(38)46)34-27-26-31-14-4-5-17-33(31)30-34/h1-30,42,44H. The van der Waals surface area contributed by atoms with E-state index in [4.69, 9.17) is 4.74 Å². The molecular weight excluding hydrogens is 593 g/mol. The Hall–Kier alpha value is -6.18. The number of ether oxygens (including phenoxy) is 1. The zero-order valence-corrected chi connectivity index (χ0v) is 26.9. The summed E-state index contributed by atoms with van der Waals surface area (Å²) >= 11 is 0. The molecule has 0 saturated carbocycles. The maximum absolute atomic E-state index is 6.97. The summed E-state index contributed by atoms with van der Waals surface area (Å²) in [6, 6.07) is 57.4. The molecule has 8 aromatic rings. The van der Waals surface area contributed by atoms with Gasteiger partial charge in [-0.05, 0) is 89.5 Å². The van der Waals surface area contributed by atoms with Gasteiger partial charge in [-0.3, -0.25) is 0 Å². The second kappa shape index (κ2) is 11.2. The minimum atomic E-state index is -0.0433. The molecule has 1 aliphatic heterocycles. The van der Waals surface area contributed by atoms with Crippen molar-refractivity contribution in [2.24, 2.45) is 0 Å². The van der Waals surface area contributed by atoms with Crippen LogP contribution >= 0.6 is 0 Å². The maximum atomic E-state index is 6.97. The van der Waals surface area contributed by atoms with Gasteiger partial charge < -0.3 is 4.74 Å². The molecule has 2 atom stereocenters. The molecule has 0 spiro atoms. The summed E-state index contributed by atoms with van der Waals surface area (Å²) in [4.78, 5) is 0. The summed E-state index contributed by atoms with van der Waals surface area (Å²) in [5.41, 5.74) is 11.0. The van der Waals surface area contributed by atoms with Crippen molar-refractivity contribution >= 4 is 32.3 Å². The lowest BCUT2D eigenvalue weighted by atomic mass is 9.80. The van der Waals surface area contributed by atoms with E-state index in [9.17, 15) is 0 Å². The smallest absolute Gasteiger partial charge is 0.132 e. The van der Waals surface area contributed by atoms with Gasteiger partial charge in [-0.25, -0.2) is 0 Å². The van der Waals surface area contributed by atoms with Gasteiger partial charge in [-0.15, -0.1) is 0 Å². The highest BCUT2D eigenvalue weighted by Crippen LogP contribution is 2.54. The Kier molecular flexibility index (Phi) is 6.38. The van der Waals surface area contributed by atoms with Crippen LogP contribution in [0.2, 0.25) is 0 Å². The first kappa shape index (κ1) is 27.9. The molecular formula is C48H32O. The average molecular weight is 625 g/mol. The summed E-state index contributed by atoms with van der Waals surface area (Å²) in [7, 11) is 0. The Labute approximate surface area is 286 Å². The third-order valence-corrected chi connectivity index (χ3v) is 10.4. The van der Waals surface area contributed by atoms with Gasteiger partial charge in [-0.2, -0.15) is 0 Å². The minimum Gasteiger partial charge on any atom is -0.484 e. The van der Waals surface area contributed by atoms with Crippen LogP contribution in [0.5, 0.6) is 5.75 Å². The van der Waals surface area contributed by atoms with E-state index in [1.807, 2.05) is 0 Å². The van der Waals surface area contributed by atoms with Crippen molar-refractivity contribution in [2.75, 3.05) is 0 Å². The van der Waals surface area contributed by atoms with Crippen molar-refractivity contribution in [2.45, 2.75) is 12.0 Å². The molecule has 0 N–H and O–H groups in total. The zero-order chi connectivity index (χ0) is 32.3. The predicted molar refractivity (Wildman–Crippen MR) is 206 cm³/mol. The lowest BCUT2D eigenvalue weighted by Gasteiger charge is -2.21. The van der Waals surface area contributed by atoms with Crippen molar-refractivity contribution < 1.29 is 4.74 Å². The first-order valence-corrected chi connectivity index (χ1v) is 17.1. The molecule has 10 rings (SSSR count). The van der Waals surface area contributed by atoms with Gasteiger partial charge in [0.25, 0.3) is 0 Å². The van der Waals surface area contributed by atoms with E-state index >= 15 is 0 Å². The minimum absolute atomic E-state index is 0.0433. The first-order chi connectivity index (χ1) is 24.3. The zero-order valence-electron chi connectivity index (χ0n) is 26.9. The molecule has 0 saturated heterocycles. The Morgan fingerprint density at radius 1 is 0.388 bits per heavy atom. The van der Waals surface area contributed by atoms with E-state index in [0.29, 0.717) is 0 Å². The van der Waals surface area contributed by atoms with Crippen LogP contribution in [0.4, 0.5) is 0 Å². The van der Waals surface area contributed by atoms with E-state index < -0.39 is 0 Å². The van der Waals surface area contributed by atoms with E-state index in [0.717, 1.165) is 11.3 Å². The third kappa shape index (κ3) is 4.40. The Morgan fingerprint density at radius 3 is 1.73 bits per heavy atom. The Bertz CT molecular complexity index is 2590. The number of allylic oxidation sites excluding steroid dienone is 2. The van der Waals surface area contributed by atoms with Crippen LogP contribution in [-0.4, -0.2) is 6.10 Å². The second-order valence-electron chi connectivity index (χ2n) is 13.1. The SMILES string of the molecule is C1=CC2Oc3c(-c4ccccc4-c4ccccc4)ccc(-c4c5ccccc5c(-c5ccc6ccccc6c5)c5ccccc45)c3C2C=C1.